The number of aryl methyl sites for hydroxylation is 2. The predicted molar refractivity (Wildman–Crippen MR) is 82.0 cm³/mol. The highest BCUT2D eigenvalue weighted by Crippen LogP contribution is 2.19. The number of nitrogens with two attached hydrogens (primary N) is 1. The maximum absolute atomic E-state index is 5.73. The van der Waals surface area contributed by atoms with Crippen LogP contribution < -0.4 is 10.6 Å². The van der Waals surface area contributed by atoms with Crippen LogP contribution in [0.2, 0.25) is 0 Å². The van der Waals surface area contributed by atoms with E-state index in [-0.39, 0.29) is 0 Å². The van der Waals surface area contributed by atoms with Gasteiger partial charge in [0.1, 0.15) is 5.82 Å². The lowest BCUT2D eigenvalue weighted by atomic mass is 9.97. The predicted octanol–water partition coefficient (Wildman–Crippen LogP) is 1.16. The quantitative estimate of drug-likeness (QED) is 0.861. The van der Waals surface area contributed by atoms with Crippen LogP contribution in [0.1, 0.15) is 24.2 Å². The van der Waals surface area contributed by atoms with Crippen molar-refractivity contribution >= 4 is 5.95 Å². The number of nitrogens with zero attached hydrogens (tertiary/aromatic N) is 4. The van der Waals surface area contributed by atoms with Crippen LogP contribution in [0.4, 0.5) is 5.95 Å². The standard InChI is InChI=1S/C15H22N6/c16-11-13-5-9-21(10-6-13)15-18-14(19-20-15)2-1-12-3-7-17-8-4-12/h3-4,7-8,13H,1-2,5-6,9-11,16H2,(H,18,19,20). The third-order valence-corrected chi connectivity index (χ3v) is 4.15. The molecule has 0 radical (unpaired) electrons. The number of pyridine rings is 1. The number of H-pyrrole nitrogens is 1. The highest BCUT2D eigenvalue weighted by Gasteiger charge is 2.20. The molecule has 1 fully saturated rings. The minimum Gasteiger partial charge on any atom is -0.340 e. The lowest BCUT2D eigenvalue weighted by Crippen LogP contribution is -2.36. The second kappa shape index (κ2) is 6.67. The first-order chi connectivity index (χ1) is 10.3. The molecule has 6 heteroatoms. The lowest BCUT2D eigenvalue weighted by molar-refractivity contribution is 0.411. The molecule has 21 heavy (non-hydrogen) atoms. The molecule has 112 valence electrons. The van der Waals surface area contributed by atoms with E-state index in [2.05, 4.69) is 25.1 Å². The van der Waals surface area contributed by atoms with Gasteiger partial charge in [-0.1, -0.05) is 0 Å². The Morgan fingerprint density at radius 1 is 1.19 bits per heavy atom. The maximum atomic E-state index is 5.73. The van der Waals surface area contributed by atoms with Gasteiger partial charge in [-0.3, -0.25) is 10.1 Å². The minimum absolute atomic E-state index is 0.659. The summed E-state index contributed by atoms with van der Waals surface area (Å²) >= 11 is 0. The summed E-state index contributed by atoms with van der Waals surface area (Å²) in [5.41, 5.74) is 7.00. The Kier molecular flexibility index (Phi) is 4.45. The summed E-state index contributed by atoms with van der Waals surface area (Å²) in [6.45, 7) is 2.80. The summed E-state index contributed by atoms with van der Waals surface area (Å²) in [5.74, 6) is 2.43. The van der Waals surface area contributed by atoms with E-state index in [0.717, 1.165) is 57.1 Å². The van der Waals surface area contributed by atoms with Gasteiger partial charge < -0.3 is 10.6 Å². The van der Waals surface area contributed by atoms with Gasteiger partial charge in [-0.05, 0) is 49.4 Å². The van der Waals surface area contributed by atoms with Gasteiger partial charge >= 0.3 is 0 Å². The van der Waals surface area contributed by atoms with Gasteiger partial charge in [0.05, 0.1) is 0 Å². The van der Waals surface area contributed by atoms with Crippen LogP contribution in [0.25, 0.3) is 0 Å². The molecule has 0 bridgehead atoms. The van der Waals surface area contributed by atoms with Crippen molar-refractivity contribution in [2.24, 2.45) is 11.7 Å². The zero-order valence-corrected chi connectivity index (χ0v) is 12.2. The highest BCUT2D eigenvalue weighted by atomic mass is 15.4. The van der Waals surface area contributed by atoms with Crippen molar-refractivity contribution in [2.75, 3.05) is 24.5 Å². The normalized spacial score (nSPS) is 16.3. The van der Waals surface area contributed by atoms with Crippen LogP contribution in [0.15, 0.2) is 24.5 Å². The number of aromatic amines is 1. The fourth-order valence-electron chi connectivity index (χ4n) is 2.72. The van der Waals surface area contributed by atoms with Crippen molar-refractivity contribution < 1.29 is 0 Å². The van der Waals surface area contributed by atoms with Gasteiger partial charge in [-0.2, -0.15) is 4.98 Å². The molecule has 6 nitrogen and oxygen atoms in total. The topological polar surface area (TPSA) is 83.7 Å². The van der Waals surface area contributed by atoms with E-state index < -0.39 is 0 Å². The molecule has 0 spiro atoms. The number of anilines is 1. The van der Waals surface area contributed by atoms with Crippen LogP contribution in [0.3, 0.4) is 0 Å². The number of hydrogen-bond acceptors (Lipinski definition) is 5. The van der Waals surface area contributed by atoms with Crippen molar-refractivity contribution in [3.05, 3.63) is 35.9 Å². The van der Waals surface area contributed by atoms with Crippen LogP contribution in [0.5, 0.6) is 0 Å². The van der Waals surface area contributed by atoms with E-state index >= 15 is 0 Å². The number of nitrogens with one attached hydrogen (secondary N) is 1. The molecular weight excluding hydrogens is 264 g/mol. The summed E-state index contributed by atoms with van der Waals surface area (Å²) in [7, 11) is 0. The second-order valence-corrected chi connectivity index (χ2v) is 5.60. The zero-order valence-electron chi connectivity index (χ0n) is 12.2. The minimum atomic E-state index is 0.659. The fourth-order valence-corrected chi connectivity index (χ4v) is 2.72. The Morgan fingerprint density at radius 2 is 1.95 bits per heavy atom. The second-order valence-electron chi connectivity index (χ2n) is 5.60. The molecule has 0 amide bonds. The van der Waals surface area contributed by atoms with Crippen LogP contribution in [0, 0.1) is 5.92 Å². The largest absolute Gasteiger partial charge is 0.340 e. The summed E-state index contributed by atoms with van der Waals surface area (Å²) in [6.07, 6.45) is 7.74. The maximum Gasteiger partial charge on any atom is 0.244 e. The Balaban J connectivity index is 1.54. The average Bonchev–Trinajstić information content (AvgIpc) is 3.03. The van der Waals surface area contributed by atoms with Crippen LogP contribution in [-0.2, 0) is 12.8 Å². The van der Waals surface area contributed by atoms with E-state index in [1.54, 1.807) is 0 Å². The van der Waals surface area contributed by atoms with Crippen molar-refractivity contribution in [1.82, 2.24) is 20.2 Å². The van der Waals surface area contributed by atoms with E-state index in [1.807, 2.05) is 24.5 Å². The van der Waals surface area contributed by atoms with Gasteiger partial charge in [-0.15, -0.1) is 5.10 Å². The fraction of sp³-hybridized carbons (Fsp3) is 0.533. The number of piperidine rings is 1. The molecule has 3 heterocycles. The molecule has 1 aliphatic heterocycles. The first-order valence-electron chi connectivity index (χ1n) is 7.60. The Labute approximate surface area is 124 Å². The molecule has 2 aromatic heterocycles. The third kappa shape index (κ3) is 3.58. The first kappa shape index (κ1) is 14.0. The summed E-state index contributed by atoms with van der Waals surface area (Å²) in [4.78, 5) is 10.9. The highest BCUT2D eigenvalue weighted by molar-refractivity contribution is 5.29. The smallest absolute Gasteiger partial charge is 0.244 e. The molecule has 0 aromatic carbocycles. The van der Waals surface area contributed by atoms with Gasteiger partial charge in [0.25, 0.3) is 0 Å². The summed E-state index contributed by atoms with van der Waals surface area (Å²) in [5, 5.41) is 7.40. The van der Waals surface area contributed by atoms with E-state index in [0.29, 0.717) is 5.92 Å². The molecule has 3 N–H and O–H groups in total. The van der Waals surface area contributed by atoms with Gasteiger partial charge in [-0.25, -0.2) is 0 Å². The number of rotatable bonds is 5. The van der Waals surface area contributed by atoms with Crippen molar-refractivity contribution in [3.63, 3.8) is 0 Å². The van der Waals surface area contributed by atoms with E-state index in [1.165, 1.54) is 5.56 Å². The van der Waals surface area contributed by atoms with Crippen molar-refractivity contribution in [1.29, 1.82) is 0 Å². The number of hydrogen-bond donors (Lipinski definition) is 2. The Morgan fingerprint density at radius 3 is 2.67 bits per heavy atom. The molecule has 3 rings (SSSR count). The monoisotopic (exact) mass is 286 g/mol. The molecule has 2 aromatic rings. The van der Waals surface area contributed by atoms with Crippen LogP contribution in [-0.4, -0.2) is 39.8 Å². The van der Waals surface area contributed by atoms with Gasteiger partial charge in [0, 0.05) is 31.9 Å². The Bertz CT molecular complexity index is 544. The summed E-state index contributed by atoms with van der Waals surface area (Å²) < 4.78 is 0. The molecule has 0 unspecified atom stereocenters. The molecule has 0 saturated carbocycles. The zero-order chi connectivity index (χ0) is 14.5. The van der Waals surface area contributed by atoms with Crippen LogP contribution >= 0.6 is 0 Å². The van der Waals surface area contributed by atoms with Gasteiger partial charge in [0.15, 0.2) is 0 Å². The molecule has 1 saturated heterocycles. The van der Waals surface area contributed by atoms with E-state index in [4.69, 9.17) is 5.73 Å². The Hall–Kier alpha value is -1.95. The third-order valence-electron chi connectivity index (χ3n) is 4.15. The van der Waals surface area contributed by atoms with Crippen molar-refractivity contribution in [3.8, 4) is 0 Å². The molecule has 0 aliphatic carbocycles. The van der Waals surface area contributed by atoms with Crippen molar-refractivity contribution in [2.45, 2.75) is 25.7 Å². The number of aromatic nitrogens is 4. The average molecular weight is 286 g/mol. The summed E-state index contributed by atoms with van der Waals surface area (Å²) in [6, 6.07) is 4.07. The molecular formula is C15H22N6. The lowest BCUT2D eigenvalue weighted by Gasteiger charge is -2.30. The van der Waals surface area contributed by atoms with E-state index in [9.17, 15) is 0 Å². The SMILES string of the molecule is NCC1CCN(c2n[nH]c(CCc3ccncc3)n2)CC1. The molecule has 0 atom stereocenters. The van der Waals surface area contributed by atoms with Gasteiger partial charge in [0.2, 0.25) is 5.95 Å². The molecule has 1 aliphatic rings. The first-order valence-corrected chi connectivity index (χ1v) is 7.60.